The number of hydrogen-bond acceptors (Lipinski definition) is 0. The number of hydrogen-bond donors (Lipinski definition) is 0. The third-order valence-electron chi connectivity index (χ3n) is 1.67. The molecule has 0 bridgehead atoms. The van der Waals surface area contributed by atoms with Crippen molar-refractivity contribution in [2.45, 2.75) is 20.3 Å². The molecule has 0 heterocycles. The van der Waals surface area contributed by atoms with E-state index in [2.05, 4.69) is 41.3 Å². The van der Waals surface area contributed by atoms with Gasteiger partial charge in [-0.1, -0.05) is 23.8 Å². The van der Waals surface area contributed by atoms with Crippen LogP contribution in [-0.4, -0.2) is 0 Å². The maximum absolute atomic E-state index is 2.78. The van der Waals surface area contributed by atoms with Crippen molar-refractivity contribution in [3.05, 3.63) is 34.7 Å². The minimum atomic E-state index is 1.07. The van der Waals surface area contributed by atoms with E-state index in [4.69, 9.17) is 0 Å². The van der Waals surface area contributed by atoms with Crippen LogP contribution >= 0.6 is 9.24 Å². The van der Waals surface area contributed by atoms with Gasteiger partial charge in [-0.3, -0.25) is 0 Å². The fraction of sp³-hybridized carbons (Fsp3) is 0.333. The SMILES string of the molecule is CC1=CC(C)=C(P)CC=C1. The number of rotatable bonds is 0. The third kappa shape index (κ3) is 1.82. The van der Waals surface area contributed by atoms with Gasteiger partial charge in [-0.2, -0.15) is 0 Å². The third-order valence-corrected chi connectivity index (χ3v) is 2.36. The van der Waals surface area contributed by atoms with Crippen molar-refractivity contribution < 1.29 is 0 Å². The summed E-state index contributed by atoms with van der Waals surface area (Å²) in [7, 11) is 2.78. The molecule has 1 aliphatic carbocycles. The molecule has 0 nitrogen and oxygen atoms in total. The topological polar surface area (TPSA) is 0 Å². The molecule has 0 amide bonds. The van der Waals surface area contributed by atoms with Crippen LogP contribution in [0.15, 0.2) is 34.7 Å². The highest BCUT2D eigenvalue weighted by Crippen LogP contribution is 2.22. The smallest absolute Gasteiger partial charge is 0.00924 e. The fourth-order valence-electron chi connectivity index (χ4n) is 1.02. The fourth-order valence-corrected chi connectivity index (χ4v) is 1.23. The molecule has 1 aliphatic rings. The Labute approximate surface area is 64.9 Å². The summed E-state index contributed by atoms with van der Waals surface area (Å²) >= 11 is 0. The van der Waals surface area contributed by atoms with Gasteiger partial charge in [-0.25, -0.2) is 0 Å². The predicted octanol–water partition coefficient (Wildman–Crippen LogP) is 3.04. The average molecular weight is 152 g/mol. The molecule has 1 unspecified atom stereocenters. The number of allylic oxidation sites excluding steroid dienone is 6. The second-order valence-electron chi connectivity index (χ2n) is 2.70. The highest BCUT2D eigenvalue weighted by atomic mass is 31.0. The summed E-state index contributed by atoms with van der Waals surface area (Å²) in [4.78, 5) is 0. The molecular formula is C9H13P. The molecule has 0 aromatic heterocycles. The molecule has 0 fully saturated rings. The van der Waals surface area contributed by atoms with Crippen LogP contribution in [0, 0.1) is 0 Å². The van der Waals surface area contributed by atoms with Crippen molar-refractivity contribution in [1.82, 2.24) is 0 Å². The molecule has 1 rings (SSSR count). The first kappa shape index (κ1) is 7.75. The first-order chi connectivity index (χ1) is 4.70. The van der Waals surface area contributed by atoms with Gasteiger partial charge in [-0.15, -0.1) is 9.24 Å². The Morgan fingerprint density at radius 3 is 2.80 bits per heavy atom. The van der Waals surface area contributed by atoms with Gasteiger partial charge in [0.1, 0.15) is 0 Å². The zero-order valence-electron chi connectivity index (χ0n) is 6.52. The van der Waals surface area contributed by atoms with Crippen LogP contribution in [0.4, 0.5) is 0 Å². The molecule has 0 N–H and O–H groups in total. The molecule has 0 aromatic carbocycles. The minimum Gasteiger partial charge on any atom is -0.109 e. The summed E-state index contributed by atoms with van der Waals surface area (Å²) in [6, 6.07) is 0. The molecular weight excluding hydrogens is 139 g/mol. The lowest BCUT2D eigenvalue weighted by Gasteiger charge is -1.96. The quantitative estimate of drug-likeness (QED) is 0.468. The standard InChI is InChI=1S/C9H13P/c1-7-4-3-5-9(10)8(2)6-7/h3-4,6H,5,10H2,1-2H3. The van der Waals surface area contributed by atoms with Crippen LogP contribution in [0.1, 0.15) is 20.3 Å². The van der Waals surface area contributed by atoms with Gasteiger partial charge < -0.3 is 0 Å². The molecule has 0 aromatic rings. The van der Waals surface area contributed by atoms with Crippen LogP contribution in [-0.2, 0) is 0 Å². The maximum atomic E-state index is 2.78. The van der Waals surface area contributed by atoms with E-state index in [-0.39, 0.29) is 0 Å². The van der Waals surface area contributed by atoms with Crippen molar-refractivity contribution in [3.8, 4) is 0 Å². The largest absolute Gasteiger partial charge is 0.109 e. The van der Waals surface area contributed by atoms with Crippen LogP contribution in [0.5, 0.6) is 0 Å². The lowest BCUT2D eigenvalue weighted by molar-refractivity contribution is 1.31. The molecule has 0 aliphatic heterocycles. The van der Waals surface area contributed by atoms with E-state index in [9.17, 15) is 0 Å². The lowest BCUT2D eigenvalue weighted by atomic mass is 10.2. The van der Waals surface area contributed by atoms with Gasteiger partial charge in [-0.05, 0) is 31.2 Å². The second kappa shape index (κ2) is 3.16. The van der Waals surface area contributed by atoms with Crippen molar-refractivity contribution in [3.63, 3.8) is 0 Å². The van der Waals surface area contributed by atoms with E-state index in [1.807, 2.05) is 0 Å². The van der Waals surface area contributed by atoms with Gasteiger partial charge in [0, 0.05) is 0 Å². The van der Waals surface area contributed by atoms with Gasteiger partial charge in [0.05, 0.1) is 0 Å². The van der Waals surface area contributed by atoms with Gasteiger partial charge in [0.15, 0.2) is 0 Å². The average Bonchev–Trinajstić information content (AvgIpc) is 1.96. The summed E-state index contributed by atoms with van der Waals surface area (Å²) in [6.45, 7) is 4.28. The summed E-state index contributed by atoms with van der Waals surface area (Å²) in [6.07, 6.45) is 7.65. The maximum Gasteiger partial charge on any atom is -0.00924 e. The van der Waals surface area contributed by atoms with Crippen LogP contribution in [0.3, 0.4) is 0 Å². The lowest BCUT2D eigenvalue weighted by Crippen LogP contribution is -1.72. The monoisotopic (exact) mass is 152 g/mol. The van der Waals surface area contributed by atoms with Crippen molar-refractivity contribution in [2.75, 3.05) is 0 Å². The Bertz CT molecular complexity index is 219. The van der Waals surface area contributed by atoms with Crippen molar-refractivity contribution in [1.29, 1.82) is 0 Å². The summed E-state index contributed by atoms with van der Waals surface area (Å²) in [5.41, 5.74) is 2.72. The van der Waals surface area contributed by atoms with E-state index >= 15 is 0 Å². The molecule has 0 radical (unpaired) electrons. The zero-order valence-corrected chi connectivity index (χ0v) is 7.67. The molecule has 1 atom stereocenters. The predicted molar refractivity (Wildman–Crippen MR) is 49.9 cm³/mol. The zero-order chi connectivity index (χ0) is 7.56. The Balaban J connectivity index is 2.96. The van der Waals surface area contributed by atoms with Gasteiger partial charge in [0.2, 0.25) is 0 Å². The Morgan fingerprint density at radius 1 is 1.40 bits per heavy atom. The molecule has 1 heteroatoms. The van der Waals surface area contributed by atoms with E-state index in [1.54, 1.807) is 0 Å². The van der Waals surface area contributed by atoms with Gasteiger partial charge >= 0.3 is 0 Å². The Morgan fingerprint density at radius 2 is 2.10 bits per heavy atom. The van der Waals surface area contributed by atoms with Crippen LogP contribution < -0.4 is 0 Å². The van der Waals surface area contributed by atoms with Crippen LogP contribution in [0.2, 0.25) is 0 Å². The van der Waals surface area contributed by atoms with E-state index in [0.717, 1.165) is 6.42 Å². The molecule has 0 saturated heterocycles. The highest BCUT2D eigenvalue weighted by Gasteiger charge is 1.96. The van der Waals surface area contributed by atoms with E-state index in [0.29, 0.717) is 0 Å². The molecule has 0 spiro atoms. The molecule has 0 saturated carbocycles. The second-order valence-corrected chi connectivity index (χ2v) is 3.40. The van der Waals surface area contributed by atoms with E-state index in [1.165, 1.54) is 16.5 Å². The first-order valence-electron chi connectivity index (χ1n) is 3.50. The first-order valence-corrected chi connectivity index (χ1v) is 4.08. The van der Waals surface area contributed by atoms with Crippen molar-refractivity contribution >= 4 is 9.24 Å². The highest BCUT2D eigenvalue weighted by molar-refractivity contribution is 7.22. The summed E-state index contributed by atoms with van der Waals surface area (Å²) in [5.74, 6) is 0. The Hall–Kier alpha value is -0.350. The van der Waals surface area contributed by atoms with Gasteiger partial charge in [0.25, 0.3) is 0 Å². The normalized spacial score (nSPS) is 18.9. The van der Waals surface area contributed by atoms with Crippen molar-refractivity contribution in [2.24, 2.45) is 0 Å². The summed E-state index contributed by atoms with van der Waals surface area (Å²) in [5, 5.41) is 1.40. The van der Waals surface area contributed by atoms with E-state index < -0.39 is 0 Å². The Kier molecular flexibility index (Phi) is 2.45. The molecule has 54 valence electrons. The minimum absolute atomic E-state index is 1.07. The molecule has 10 heavy (non-hydrogen) atoms. The van der Waals surface area contributed by atoms with Crippen LogP contribution in [0.25, 0.3) is 0 Å². The summed E-state index contributed by atoms with van der Waals surface area (Å²) < 4.78 is 0.